The summed E-state index contributed by atoms with van der Waals surface area (Å²) in [5.74, 6) is 1.73. The molecule has 2 N–H and O–H groups in total. The number of nitrogens with one attached hydrogen (secondary N) is 1. The standard InChI is InChI=1S/C12H17NO2S/c1-3-16-8-9(2)13-12(15)10-6-4-5-7-11(10)14/h4-7,9,14H,3,8H2,1-2H3,(H,13,15). The van der Waals surface area contributed by atoms with Crippen molar-refractivity contribution in [2.45, 2.75) is 19.9 Å². The number of rotatable bonds is 5. The Labute approximate surface area is 100 Å². The predicted octanol–water partition coefficient (Wildman–Crippen LogP) is 2.26. The van der Waals surface area contributed by atoms with Crippen molar-refractivity contribution in [3.05, 3.63) is 29.8 Å². The summed E-state index contributed by atoms with van der Waals surface area (Å²) >= 11 is 1.78. The Morgan fingerprint density at radius 3 is 2.81 bits per heavy atom. The van der Waals surface area contributed by atoms with Crippen molar-refractivity contribution in [1.29, 1.82) is 0 Å². The smallest absolute Gasteiger partial charge is 0.255 e. The van der Waals surface area contributed by atoms with Crippen molar-refractivity contribution >= 4 is 17.7 Å². The maximum absolute atomic E-state index is 11.8. The monoisotopic (exact) mass is 239 g/mol. The topological polar surface area (TPSA) is 49.3 Å². The van der Waals surface area contributed by atoms with Crippen molar-refractivity contribution in [1.82, 2.24) is 5.32 Å². The summed E-state index contributed by atoms with van der Waals surface area (Å²) in [5, 5.41) is 12.4. The minimum absolute atomic E-state index is 0.0235. The summed E-state index contributed by atoms with van der Waals surface area (Å²) in [5.41, 5.74) is 0.329. The molecule has 88 valence electrons. The second-order valence-corrected chi connectivity index (χ2v) is 4.87. The molecule has 0 aromatic heterocycles. The summed E-state index contributed by atoms with van der Waals surface area (Å²) in [7, 11) is 0. The molecule has 0 spiro atoms. The zero-order valence-electron chi connectivity index (χ0n) is 9.56. The van der Waals surface area contributed by atoms with Crippen LogP contribution in [0.25, 0.3) is 0 Å². The van der Waals surface area contributed by atoms with E-state index in [-0.39, 0.29) is 17.7 Å². The van der Waals surface area contributed by atoms with Crippen molar-refractivity contribution < 1.29 is 9.90 Å². The fourth-order valence-electron chi connectivity index (χ4n) is 1.30. The average Bonchev–Trinajstić information content (AvgIpc) is 2.26. The Balaban J connectivity index is 2.56. The maximum Gasteiger partial charge on any atom is 0.255 e. The number of aromatic hydroxyl groups is 1. The molecule has 3 nitrogen and oxygen atoms in total. The summed E-state index contributed by atoms with van der Waals surface area (Å²) in [6.45, 7) is 4.04. The van der Waals surface area contributed by atoms with E-state index in [1.165, 1.54) is 6.07 Å². The quantitative estimate of drug-likeness (QED) is 0.828. The van der Waals surface area contributed by atoms with Gasteiger partial charge in [0.05, 0.1) is 5.56 Å². The molecule has 0 aliphatic rings. The number of benzene rings is 1. The fraction of sp³-hybridized carbons (Fsp3) is 0.417. The molecule has 4 heteroatoms. The van der Waals surface area contributed by atoms with E-state index < -0.39 is 0 Å². The molecule has 0 fully saturated rings. The average molecular weight is 239 g/mol. The summed E-state index contributed by atoms with van der Waals surface area (Å²) in [6, 6.07) is 6.67. The molecule has 1 atom stereocenters. The van der Waals surface area contributed by atoms with Gasteiger partial charge in [-0.05, 0) is 24.8 Å². The highest BCUT2D eigenvalue weighted by molar-refractivity contribution is 7.99. The molecule has 0 radical (unpaired) electrons. The van der Waals surface area contributed by atoms with E-state index in [4.69, 9.17) is 0 Å². The van der Waals surface area contributed by atoms with E-state index in [1.807, 2.05) is 6.92 Å². The normalized spacial score (nSPS) is 12.1. The molecule has 0 bridgehead atoms. The van der Waals surface area contributed by atoms with Crippen LogP contribution < -0.4 is 5.32 Å². The summed E-state index contributed by atoms with van der Waals surface area (Å²) in [4.78, 5) is 11.8. The molecule has 0 saturated carbocycles. The van der Waals surface area contributed by atoms with E-state index in [0.29, 0.717) is 5.56 Å². The van der Waals surface area contributed by atoms with E-state index in [0.717, 1.165) is 11.5 Å². The van der Waals surface area contributed by atoms with E-state index in [2.05, 4.69) is 12.2 Å². The number of phenolic OH excluding ortho intramolecular Hbond substituents is 1. The maximum atomic E-state index is 11.8. The Hall–Kier alpha value is -1.16. The van der Waals surface area contributed by atoms with E-state index >= 15 is 0 Å². The largest absolute Gasteiger partial charge is 0.507 e. The Bertz CT molecular complexity index is 355. The number of phenols is 1. The van der Waals surface area contributed by atoms with Crippen LogP contribution in [0.4, 0.5) is 0 Å². The van der Waals surface area contributed by atoms with Crippen LogP contribution in [0.1, 0.15) is 24.2 Å². The minimum atomic E-state index is -0.220. The van der Waals surface area contributed by atoms with Crippen LogP contribution in [0.15, 0.2) is 24.3 Å². The first-order valence-electron chi connectivity index (χ1n) is 5.31. The SMILES string of the molecule is CCSCC(C)NC(=O)c1ccccc1O. The molecule has 0 saturated heterocycles. The van der Waals surface area contributed by atoms with Gasteiger partial charge in [-0.3, -0.25) is 4.79 Å². The molecule has 1 amide bonds. The van der Waals surface area contributed by atoms with Gasteiger partial charge in [-0.25, -0.2) is 0 Å². The third-order valence-electron chi connectivity index (χ3n) is 2.10. The third kappa shape index (κ3) is 3.77. The van der Waals surface area contributed by atoms with Gasteiger partial charge < -0.3 is 10.4 Å². The van der Waals surface area contributed by atoms with Crippen molar-refractivity contribution in [2.75, 3.05) is 11.5 Å². The Kier molecular flexibility index (Phi) is 5.19. The van der Waals surface area contributed by atoms with Gasteiger partial charge in [0, 0.05) is 11.8 Å². The third-order valence-corrected chi connectivity index (χ3v) is 3.24. The molecule has 1 rings (SSSR count). The summed E-state index contributed by atoms with van der Waals surface area (Å²) < 4.78 is 0. The first-order chi connectivity index (χ1) is 7.65. The molecule has 0 aliphatic heterocycles. The lowest BCUT2D eigenvalue weighted by atomic mass is 10.2. The summed E-state index contributed by atoms with van der Waals surface area (Å²) in [6.07, 6.45) is 0. The Morgan fingerprint density at radius 2 is 2.19 bits per heavy atom. The van der Waals surface area contributed by atoms with Gasteiger partial charge in [-0.1, -0.05) is 19.1 Å². The van der Waals surface area contributed by atoms with Crippen LogP contribution >= 0.6 is 11.8 Å². The fourth-order valence-corrected chi connectivity index (χ4v) is 1.98. The number of hydrogen-bond acceptors (Lipinski definition) is 3. The highest BCUT2D eigenvalue weighted by atomic mass is 32.2. The second-order valence-electron chi connectivity index (χ2n) is 3.55. The minimum Gasteiger partial charge on any atom is -0.507 e. The van der Waals surface area contributed by atoms with Gasteiger partial charge >= 0.3 is 0 Å². The number of para-hydroxylation sites is 1. The van der Waals surface area contributed by atoms with Crippen LogP contribution in [-0.2, 0) is 0 Å². The zero-order chi connectivity index (χ0) is 12.0. The molecule has 1 unspecified atom stereocenters. The zero-order valence-corrected chi connectivity index (χ0v) is 10.4. The highest BCUT2D eigenvalue weighted by Crippen LogP contribution is 2.15. The van der Waals surface area contributed by atoms with Crippen LogP contribution in [0, 0.1) is 0 Å². The van der Waals surface area contributed by atoms with Gasteiger partial charge in [-0.2, -0.15) is 11.8 Å². The number of amides is 1. The van der Waals surface area contributed by atoms with Crippen LogP contribution in [0.3, 0.4) is 0 Å². The molecule has 16 heavy (non-hydrogen) atoms. The molecule has 0 heterocycles. The number of thioether (sulfide) groups is 1. The molecule has 1 aromatic carbocycles. The van der Waals surface area contributed by atoms with Gasteiger partial charge in [0.15, 0.2) is 0 Å². The van der Waals surface area contributed by atoms with Gasteiger partial charge in [-0.15, -0.1) is 0 Å². The van der Waals surface area contributed by atoms with Gasteiger partial charge in [0.2, 0.25) is 0 Å². The van der Waals surface area contributed by atoms with Gasteiger partial charge in [0.1, 0.15) is 5.75 Å². The lowest BCUT2D eigenvalue weighted by Gasteiger charge is -2.13. The van der Waals surface area contributed by atoms with Crippen molar-refractivity contribution in [2.24, 2.45) is 0 Å². The van der Waals surface area contributed by atoms with Crippen LogP contribution in [0.5, 0.6) is 5.75 Å². The molecule has 1 aromatic rings. The Morgan fingerprint density at radius 1 is 1.50 bits per heavy atom. The van der Waals surface area contributed by atoms with E-state index in [1.54, 1.807) is 30.0 Å². The lowest BCUT2D eigenvalue weighted by Crippen LogP contribution is -2.34. The number of hydrogen-bond donors (Lipinski definition) is 2. The van der Waals surface area contributed by atoms with Gasteiger partial charge in [0.25, 0.3) is 5.91 Å². The highest BCUT2D eigenvalue weighted by Gasteiger charge is 2.12. The number of carbonyl (C=O) groups is 1. The molecular formula is C12H17NO2S. The molecular weight excluding hydrogens is 222 g/mol. The first-order valence-corrected chi connectivity index (χ1v) is 6.47. The lowest BCUT2D eigenvalue weighted by molar-refractivity contribution is 0.0941. The first kappa shape index (κ1) is 12.9. The number of carbonyl (C=O) groups excluding carboxylic acids is 1. The van der Waals surface area contributed by atoms with Crippen LogP contribution in [-0.4, -0.2) is 28.6 Å². The predicted molar refractivity (Wildman–Crippen MR) is 68.0 cm³/mol. The van der Waals surface area contributed by atoms with Crippen molar-refractivity contribution in [3.8, 4) is 5.75 Å². The second kappa shape index (κ2) is 6.43. The molecule has 0 aliphatic carbocycles. The van der Waals surface area contributed by atoms with E-state index in [9.17, 15) is 9.90 Å². The van der Waals surface area contributed by atoms with Crippen LogP contribution in [0.2, 0.25) is 0 Å². The van der Waals surface area contributed by atoms with Crippen molar-refractivity contribution in [3.63, 3.8) is 0 Å².